The zero-order valence-corrected chi connectivity index (χ0v) is 15.6. The summed E-state index contributed by atoms with van der Waals surface area (Å²) in [6.45, 7) is 2.01. The Morgan fingerprint density at radius 2 is 1.93 bits per heavy atom. The van der Waals surface area contributed by atoms with Gasteiger partial charge in [-0.1, -0.05) is 24.3 Å². The predicted octanol–water partition coefficient (Wildman–Crippen LogP) is 2.88. The summed E-state index contributed by atoms with van der Waals surface area (Å²) in [6.07, 6.45) is -0.720. The van der Waals surface area contributed by atoms with E-state index in [1.807, 2.05) is 61.5 Å². The van der Waals surface area contributed by atoms with Gasteiger partial charge in [0, 0.05) is 11.3 Å². The van der Waals surface area contributed by atoms with Crippen LogP contribution in [0.2, 0.25) is 0 Å². The molecule has 5 rings (SSSR count). The van der Waals surface area contributed by atoms with E-state index in [-0.39, 0.29) is 12.5 Å². The molecule has 4 aromatic rings. The maximum Gasteiger partial charge on any atom is 0.269 e. The lowest BCUT2D eigenvalue weighted by atomic mass is 10.1. The number of rotatable bonds is 3. The summed E-state index contributed by atoms with van der Waals surface area (Å²) in [5.74, 6) is 1.65. The average molecular weight is 387 g/mol. The molecule has 0 unspecified atom stereocenters. The van der Waals surface area contributed by atoms with Gasteiger partial charge in [-0.15, -0.1) is 10.2 Å². The summed E-state index contributed by atoms with van der Waals surface area (Å²) in [5.41, 5.74) is 2.95. The lowest BCUT2D eigenvalue weighted by molar-refractivity contribution is -0.125. The highest BCUT2D eigenvalue weighted by atomic mass is 16.6. The highest BCUT2D eigenvalue weighted by Gasteiger charge is 2.27. The molecule has 3 heterocycles. The van der Waals surface area contributed by atoms with Gasteiger partial charge in [0.05, 0.1) is 5.69 Å². The fraction of sp³-hybridized carbons (Fsp3) is 0.143. The highest BCUT2D eigenvalue weighted by molar-refractivity contribution is 5.95. The minimum atomic E-state index is -0.720. The number of hydrogen-bond donors (Lipinski definition) is 1. The molecule has 2 aromatic carbocycles. The molecule has 1 N–H and O–H groups in total. The SMILES string of the molecule is Cc1nnc2ccc(-c3cccc(NC(=O)[C@@H]4COc5ccccc5O4)c3)nn12. The Balaban J connectivity index is 1.36. The minimum Gasteiger partial charge on any atom is -0.485 e. The number of para-hydroxylation sites is 2. The fourth-order valence-electron chi connectivity index (χ4n) is 3.18. The Morgan fingerprint density at radius 3 is 2.83 bits per heavy atom. The van der Waals surface area contributed by atoms with Crippen molar-refractivity contribution in [3.05, 3.63) is 66.5 Å². The van der Waals surface area contributed by atoms with Crippen molar-refractivity contribution in [1.82, 2.24) is 19.8 Å². The van der Waals surface area contributed by atoms with E-state index in [0.717, 1.165) is 11.3 Å². The molecular weight excluding hydrogens is 370 g/mol. The second kappa shape index (κ2) is 6.90. The van der Waals surface area contributed by atoms with Crippen molar-refractivity contribution in [2.45, 2.75) is 13.0 Å². The van der Waals surface area contributed by atoms with Gasteiger partial charge in [0.1, 0.15) is 6.61 Å². The molecule has 8 heteroatoms. The number of amides is 1. The first-order chi connectivity index (χ1) is 14.2. The summed E-state index contributed by atoms with van der Waals surface area (Å²) in [4.78, 5) is 12.7. The van der Waals surface area contributed by atoms with Gasteiger partial charge in [0.2, 0.25) is 6.10 Å². The molecule has 0 spiro atoms. The largest absolute Gasteiger partial charge is 0.485 e. The Bertz CT molecular complexity index is 1220. The minimum absolute atomic E-state index is 0.160. The van der Waals surface area contributed by atoms with Crippen LogP contribution < -0.4 is 14.8 Å². The van der Waals surface area contributed by atoms with Crippen LogP contribution in [0.3, 0.4) is 0 Å². The van der Waals surface area contributed by atoms with E-state index < -0.39 is 6.10 Å². The second-order valence-corrected chi connectivity index (χ2v) is 6.67. The number of aryl methyl sites for hydroxylation is 1. The van der Waals surface area contributed by atoms with Crippen molar-refractivity contribution in [2.75, 3.05) is 11.9 Å². The van der Waals surface area contributed by atoms with Gasteiger partial charge in [-0.2, -0.15) is 9.61 Å². The van der Waals surface area contributed by atoms with Crippen molar-refractivity contribution < 1.29 is 14.3 Å². The van der Waals surface area contributed by atoms with Crippen LogP contribution >= 0.6 is 0 Å². The molecular formula is C21H17N5O3. The van der Waals surface area contributed by atoms with E-state index in [9.17, 15) is 4.79 Å². The van der Waals surface area contributed by atoms with Crippen molar-refractivity contribution in [3.8, 4) is 22.8 Å². The number of nitrogens with one attached hydrogen (secondary N) is 1. The summed E-state index contributed by atoms with van der Waals surface area (Å²) < 4.78 is 13.1. The first-order valence-corrected chi connectivity index (χ1v) is 9.16. The molecule has 0 radical (unpaired) electrons. The first kappa shape index (κ1) is 17.2. The number of hydrogen-bond acceptors (Lipinski definition) is 6. The molecule has 0 bridgehead atoms. The Morgan fingerprint density at radius 1 is 1.07 bits per heavy atom. The first-order valence-electron chi connectivity index (χ1n) is 9.16. The number of ether oxygens (including phenoxy) is 2. The Hall–Kier alpha value is -3.94. The third-order valence-corrected chi connectivity index (χ3v) is 4.65. The Kier molecular flexibility index (Phi) is 4.09. The molecule has 1 aliphatic rings. The van der Waals surface area contributed by atoms with Gasteiger partial charge >= 0.3 is 0 Å². The van der Waals surface area contributed by atoms with Crippen molar-refractivity contribution in [1.29, 1.82) is 0 Å². The summed E-state index contributed by atoms with van der Waals surface area (Å²) in [7, 11) is 0. The molecule has 0 saturated carbocycles. The maximum absolute atomic E-state index is 12.7. The molecule has 29 heavy (non-hydrogen) atoms. The maximum atomic E-state index is 12.7. The van der Waals surface area contributed by atoms with E-state index in [0.29, 0.717) is 28.7 Å². The van der Waals surface area contributed by atoms with E-state index in [1.165, 1.54) is 0 Å². The molecule has 0 aliphatic carbocycles. The summed E-state index contributed by atoms with van der Waals surface area (Å²) >= 11 is 0. The van der Waals surface area contributed by atoms with Crippen LogP contribution in [-0.4, -0.2) is 38.4 Å². The number of aromatic nitrogens is 4. The fourth-order valence-corrected chi connectivity index (χ4v) is 3.18. The van der Waals surface area contributed by atoms with E-state index in [1.54, 1.807) is 10.6 Å². The van der Waals surface area contributed by atoms with Gasteiger partial charge in [-0.3, -0.25) is 4.79 Å². The van der Waals surface area contributed by atoms with Crippen LogP contribution in [0.4, 0.5) is 5.69 Å². The quantitative estimate of drug-likeness (QED) is 0.581. The normalized spacial score (nSPS) is 15.3. The molecule has 8 nitrogen and oxygen atoms in total. The molecule has 0 saturated heterocycles. The Labute approximate surface area is 166 Å². The van der Waals surface area contributed by atoms with Gasteiger partial charge in [-0.05, 0) is 43.3 Å². The van der Waals surface area contributed by atoms with Crippen LogP contribution in [0, 0.1) is 6.92 Å². The van der Waals surface area contributed by atoms with Crippen LogP contribution in [0.25, 0.3) is 16.9 Å². The average Bonchev–Trinajstić information content (AvgIpc) is 3.14. The topological polar surface area (TPSA) is 90.6 Å². The third kappa shape index (κ3) is 3.25. The van der Waals surface area contributed by atoms with Crippen LogP contribution in [-0.2, 0) is 4.79 Å². The number of anilines is 1. The number of carbonyl (C=O) groups excluding carboxylic acids is 1. The van der Waals surface area contributed by atoms with Gasteiger partial charge in [-0.25, -0.2) is 0 Å². The lowest BCUT2D eigenvalue weighted by Crippen LogP contribution is -2.40. The predicted molar refractivity (Wildman–Crippen MR) is 106 cm³/mol. The van der Waals surface area contributed by atoms with Crippen molar-refractivity contribution in [3.63, 3.8) is 0 Å². The van der Waals surface area contributed by atoms with Crippen LogP contribution in [0.15, 0.2) is 60.7 Å². The smallest absolute Gasteiger partial charge is 0.269 e. The molecule has 1 aliphatic heterocycles. The summed E-state index contributed by atoms with van der Waals surface area (Å²) in [5, 5.41) is 15.5. The number of nitrogens with zero attached hydrogens (tertiary/aromatic N) is 4. The number of benzene rings is 2. The molecule has 0 fully saturated rings. The van der Waals surface area contributed by atoms with Crippen molar-refractivity contribution in [2.24, 2.45) is 0 Å². The number of fused-ring (bicyclic) bond motifs is 2. The molecule has 1 amide bonds. The molecule has 1 atom stereocenters. The van der Waals surface area contributed by atoms with Gasteiger partial charge in [0.15, 0.2) is 23.0 Å². The van der Waals surface area contributed by atoms with Gasteiger partial charge in [0.25, 0.3) is 5.91 Å². The lowest BCUT2D eigenvalue weighted by Gasteiger charge is -2.25. The third-order valence-electron chi connectivity index (χ3n) is 4.65. The monoisotopic (exact) mass is 387 g/mol. The standard InChI is InChI=1S/C21H17N5O3/c1-13-23-24-20-10-9-16(25-26(13)20)14-5-4-6-15(11-14)22-21(27)19-12-28-17-7-2-3-8-18(17)29-19/h2-11,19H,12H2,1H3,(H,22,27)/t19-/m0/s1. The van der Waals surface area contributed by atoms with Crippen LogP contribution in [0.5, 0.6) is 11.5 Å². The van der Waals surface area contributed by atoms with Crippen molar-refractivity contribution >= 4 is 17.2 Å². The van der Waals surface area contributed by atoms with Crippen LogP contribution in [0.1, 0.15) is 5.82 Å². The zero-order chi connectivity index (χ0) is 19.8. The van der Waals surface area contributed by atoms with E-state index in [2.05, 4.69) is 20.6 Å². The zero-order valence-electron chi connectivity index (χ0n) is 15.6. The molecule has 2 aromatic heterocycles. The molecule has 144 valence electrons. The van der Waals surface area contributed by atoms with E-state index >= 15 is 0 Å². The van der Waals surface area contributed by atoms with E-state index in [4.69, 9.17) is 9.47 Å². The highest BCUT2D eigenvalue weighted by Crippen LogP contribution is 2.31. The van der Waals surface area contributed by atoms with Gasteiger partial charge < -0.3 is 14.8 Å². The number of carbonyl (C=O) groups is 1. The summed E-state index contributed by atoms with van der Waals surface area (Å²) in [6, 6.07) is 18.5. The second-order valence-electron chi connectivity index (χ2n) is 6.67.